The summed E-state index contributed by atoms with van der Waals surface area (Å²) in [6, 6.07) is 6.68. The van der Waals surface area contributed by atoms with E-state index in [-0.39, 0.29) is 11.9 Å². The average Bonchev–Trinajstić information content (AvgIpc) is 3.12. The van der Waals surface area contributed by atoms with Crippen LogP contribution >= 0.6 is 0 Å². The Bertz CT molecular complexity index is 760. The Labute approximate surface area is 144 Å². The number of hydrogen-bond acceptors (Lipinski definition) is 2. The van der Waals surface area contributed by atoms with E-state index >= 15 is 0 Å². The van der Waals surface area contributed by atoms with E-state index in [0.717, 1.165) is 11.4 Å². The Morgan fingerprint density at radius 3 is 2.71 bits per heavy atom. The number of aryl methyl sites for hydroxylation is 4. The molecule has 1 N–H and O–H groups in total. The van der Waals surface area contributed by atoms with Crippen LogP contribution in [-0.4, -0.2) is 15.7 Å². The summed E-state index contributed by atoms with van der Waals surface area (Å²) < 4.78 is 1.93. The van der Waals surface area contributed by atoms with Gasteiger partial charge in [0.1, 0.15) is 0 Å². The molecule has 2 aromatic rings. The molecule has 0 bridgehead atoms. The molecule has 1 heterocycles. The van der Waals surface area contributed by atoms with E-state index in [2.05, 4.69) is 49.4 Å². The highest BCUT2D eigenvalue weighted by atomic mass is 16.1. The second kappa shape index (κ2) is 6.80. The molecule has 4 heteroatoms. The first-order valence-corrected chi connectivity index (χ1v) is 8.87. The Hall–Kier alpha value is -2.10. The van der Waals surface area contributed by atoms with E-state index in [4.69, 9.17) is 0 Å². The summed E-state index contributed by atoms with van der Waals surface area (Å²) >= 11 is 0. The van der Waals surface area contributed by atoms with Crippen molar-refractivity contribution in [2.24, 2.45) is 0 Å². The molecule has 0 saturated heterocycles. The minimum atomic E-state index is 0.0468. The Morgan fingerprint density at radius 2 is 2.00 bits per heavy atom. The van der Waals surface area contributed by atoms with Crippen LogP contribution in [0.1, 0.15) is 59.4 Å². The lowest BCUT2D eigenvalue weighted by Gasteiger charge is -2.16. The third-order valence-corrected chi connectivity index (χ3v) is 5.29. The second-order valence-electron chi connectivity index (χ2n) is 6.94. The third-order valence-electron chi connectivity index (χ3n) is 5.29. The number of carbonyl (C=O) groups is 1. The highest BCUT2D eigenvalue weighted by Crippen LogP contribution is 2.25. The van der Waals surface area contributed by atoms with Gasteiger partial charge in [-0.05, 0) is 69.2 Å². The molecule has 1 aromatic heterocycles. The molecule has 3 rings (SSSR count). The van der Waals surface area contributed by atoms with Crippen LogP contribution in [0.15, 0.2) is 18.2 Å². The van der Waals surface area contributed by atoms with Crippen molar-refractivity contribution in [3.05, 3.63) is 51.8 Å². The minimum Gasteiger partial charge on any atom is -0.350 e. The van der Waals surface area contributed by atoms with Crippen LogP contribution < -0.4 is 5.32 Å². The van der Waals surface area contributed by atoms with Crippen molar-refractivity contribution in [3.8, 4) is 0 Å². The Morgan fingerprint density at radius 1 is 1.25 bits per heavy atom. The molecule has 0 spiro atoms. The fourth-order valence-corrected chi connectivity index (χ4v) is 3.47. The standard InChI is InChI=1S/C20H27N3O/c1-13-14(2)22-23(16(13)4)11-10-20(24)21-15(3)18-9-8-17-6-5-7-19(17)12-18/h8-9,12,15H,5-7,10-11H2,1-4H3,(H,21,24)/t15-/m1/s1. The predicted octanol–water partition coefficient (Wildman–Crippen LogP) is 3.56. The highest BCUT2D eigenvalue weighted by Gasteiger charge is 2.15. The molecular formula is C20H27N3O. The van der Waals surface area contributed by atoms with Gasteiger partial charge >= 0.3 is 0 Å². The number of aromatic nitrogens is 2. The fraction of sp³-hybridized carbons (Fsp3) is 0.500. The lowest BCUT2D eigenvalue weighted by atomic mass is 10.0. The zero-order chi connectivity index (χ0) is 17.3. The SMILES string of the molecule is Cc1nn(CCC(=O)N[C@H](C)c2ccc3c(c2)CCC3)c(C)c1C. The summed E-state index contributed by atoms with van der Waals surface area (Å²) in [5, 5.41) is 7.61. The van der Waals surface area contributed by atoms with Crippen molar-refractivity contribution < 1.29 is 4.79 Å². The molecule has 0 unspecified atom stereocenters. The number of benzene rings is 1. The summed E-state index contributed by atoms with van der Waals surface area (Å²) in [5.74, 6) is 0.0770. The summed E-state index contributed by atoms with van der Waals surface area (Å²) in [6.45, 7) is 8.82. The minimum absolute atomic E-state index is 0.0468. The zero-order valence-electron chi connectivity index (χ0n) is 15.1. The molecule has 0 saturated carbocycles. The molecule has 1 aliphatic carbocycles. The van der Waals surface area contributed by atoms with Gasteiger partial charge in [-0.15, -0.1) is 0 Å². The summed E-state index contributed by atoms with van der Waals surface area (Å²) in [4.78, 5) is 12.3. The van der Waals surface area contributed by atoms with Gasteiger partial charge in [-0.3, -0.25) is 9.48 Å². The maximum Gasteiger partial charge on any atom is 0.222 e. The highest BCUT2D eigenvalue weighted by molar-refractivity contribution is 5.76. The molecule has 128 valence electrons. The summed E-state index contributed by atoms with van der Waals surface area (Å²) in [7, 11) is 0. The van der Waals surface area contributed by atoms with Gasteiger partial charge in [0.15, 0.2) is 0 Å². The van der Waals surface area contributed by atoms with Crippen LogP contribution in [0.25, 0.3) is 0 Å². The zero-order valence-corrected chi connectivity index (χ0v) is 15.1. The van der Waals surface area contributed by atoms with Gasteiger partial charge in [0.05, 0.1) is 11.7 Å². The second-order valence-corrected chi connectivity index (χ2v) is 6.94. The summed E-state index contributed by atoms with van der Waals surface area (Å²) in [6.07, 6.45) is 4.07. The van der Waals surface area contributed by atoms with Crippen molar-refractivity contribution in [3.63, 3.8) is 0 Å². The lowest BCUT2D eigenvalue weighted by molar-refractivity contribution is -0.122. The smallest absolute Gasteiger partial charge is 0.222 e. The monoisotopic (exact) mass is 325 g/mol. The largest absolute Gasteiger partial charge is 0.350 e. The molecule has 24 heavy (non-hydrogen) atoms. The number of rotatable bonds is 5. The van der Waals surface area contributed by atoms with Crippen LogP contribution in [0.2, 0.25) is 0 Å². The number of carbonyl (C=O) groups excluding carboxylic acids is 1. The first kappa shape index (κ1) is 16.7. The van der Waals surface area contributed by atoms with Gasteiger partial charge in [0.2, 0.25) is 5.91 Å². The Kier molecular flexibility index (Phi) is 4.74. The number of nitrogens with one attached hydrogen (secondary N) is 1. The number of nitrogens with zero attached hydrogens (tertiary/aromatic N) is 2. The molecule has 0 aliphatic heterocycles. The molecule has 0 fully saturated rings. The third kappa shape index (κ3) is 3.37. The summed E-state index contributed by atoms with van der Waals surface area (Å²) in [5.41, 5.74) is 7.52. The van der Waals surface area contributed by atoms with Gasteiger partial charge in [-0.2, -0.15) is 5.10 Å². The van der Waals surface area contributed by atoms with Gasteiger partial charge < -0.3 is 5.32 Å². The normalized spacial score (nSPS) is 14.5. The molecule has 1 aromatic carbocycles. The maximum atomic E-state index is 12.3. The molecular weight excluding hydrogens is 298 g/mol. The molecule has 1 atom stereocenters. The number of amides is 1. The number of fused-ring (bicyclic) bond motifs is 1. The first-order valence-electron chi connectivity index (χ1n) is 8.87. The van der Waals surface area contributed by atoms with E-state index in [1.165, 1.54) is 41.5 Å². The first-order chi connectivity index (χ1) is 11.5. The van der Waals surface area contributed by atoms with Crippen LogP contribution in [0.4, 0.5) is 0 Å². The van der Waals surface area contributed by atoms with Crippen LogP contribution in [-0.2, 0) is 24.2 Å². The van der Waals surface area contributed by atoms with E-state index in [0.29, 0.717) is 13.0 Å². The van der Waals surface area contributed by atoms with Crippen LogP contribution in [0.3, 0.4) is 0 Å². The van der Waals surface area contributed by atoms with Crippen molar-refractivity contribution in [2.45, 2.75) is 66.0 Å². The van der Waals surface area contributed by atoms with Gasteiger partial charge in [0, 0.05) is 18.7 Å². The maximum absolute atomic E-state index is 12.3. The Balaban J connectivity index is 1.57. The van der Waals surface area contributed by atoms with E-state index in [1.54, 1.807) is 0 Å². The molecule has 0 radical (unpaired) electrons. The lowest BCUT2D eigenvalue weighted by Crippen LogP contribution is -2.27. The van der Waals surface area contributed by atoms with Crippen molar-refractivity contribution in [2.75, 3.05) is 0 Å². The average molecular weight is 325 g/mol. The number of hydrogen-bond donors (Lipinski definition) is 1. The van der Waals surface area contributed by atoms with Gasteiger partial charge in [-0.25, -0.2) is 0 Å². The van der Waals surface area contributed by atoms with E-state index < -0.39 is 0 Å². The van der Waals surface area contributed by atoms with Gasteiger partial charge in [-0.1, -0.05) is 18.2 Å². The molecule has 4 nitrogen and oxygen atoms in total. The van der Waals surface area contributed by atoms with E-state index in [1.807, 2.05) is 11.6 Å². The van der Waals surface area contributed by atoms with Crippen molar-refractivity contribution >= 4 is 5.91 Å². The fourth-order valence-electron chi connectivity index (χ4n) is 3.47. The molecule has 1 aliphatic rings. The van der Waals surface area contributed by atoms with Crippen LogP contribution in [0, 0.1) is 20.8 Å². The van der Waals surface area contributed by atoms with Crippen molar-refractivity contribution in [1.29, 1.82) is 0 Å². The van der Waals surface area contributed by atoms with Crippen LogP contribution in [0.5, 0.6) is 0 Å². The topological polar surface area (TPSA) is 46.9 Å². The predicted molar refractivity (Wildman–Crippen MR) is 96.1 cm³/mol. The van der Waals surface area contributed by atoms with Crippen molar-refractivity contribution in [1.82, 2.24) is 15.1 Å². The van der Waals surface area contributed by atoms with E-state index in [9.17, 15) is 4.79 Å². The molecule has 1 amide bonds. The quantitative estimate of drug-likeness (QED) is 0.913. The van der Waals surface area contributed by atoms with Gasteiger partial charge in [0.25, 0.3) is 0 Å².